The first-order chi connectivity index (χ1) is 41.6. The molecule has 4 heteroatoms. The number of benzene rings is 11. The van der Waals surface area contributed by atoms with E-state index in [-0.39, 0.29) is 0 Å². The van der Waals surface area contributed by atoms with E-state index in [0.29, 0.717) is 5.92 Å². The summed E-state index contributed by atoms with van der Waals surface area (Å²) in [5, 5.41) is 0. The van der Waals surface area contributed by atoms with E-state index in [2.05, 4.69) is 295 Å². The Hall–Kier alpha value is -10.7. The maximum Gasteiger partial charge on any atom is 0.0973 e. The quantitative estimate of drug-likeness (QED) is 0.137. The van der Waals surface area contributed by atoms with Crippen molar-refractivity contribution in [3.05, 3.63) is 354 Å². The average molecular weight is 1070 g/mol. The molecule has 4 nitrogen and oxygen atoms in total. The van der Waals surface area contributed by atoms with Crippen LogP contribution in [0.4, 0.5) is 0 Å². The number of fused-ring (bicyclic) bond motifs is 7. The van der Waals surface area contributed by atoms with E-state index in [1.807, 2.05) is 24.8 Å². The van der Waals surface area contributed by atoms with E-state index in [1.54, 1.807) is 0 Å². The highest BCUT2D eigenvalue weighted by Crippen LogP contribution is 2.60. The molecule has 0 saturated heterocycles. The van der Waals surface area contributed by atoms with E-state index in [4.69, 9.17) is 9.97 Å². The highest BCUT2D eigenvalue weighted by molar-refractivity contribution is 5.95. The molecule has 394 valence electrons. The number of para-hydroxylation sites is 2. The second-order valence-corrected chi connectivity index (χ2v) is 22.4. The third-order valence-electron chi connectivity index (χ3n) is 18.0. The Bertz CT molecular complexity index is 4630. The van der Waals surface area contributed by atoms with Crippen LogP contribution >= 0.6 is 0 Å². The molecule has 0 saturated carbocycles. The van der Waals surface area contributed by atoms with Crippen molar-refractivity contribution in [2.24, 2.45) is 4.99 Å². The van der Waals surface area contributed by atoms with Gasteiger partial charge in [-0.15, -0.1) is 0 Å². The lowest BCUT2D eigenvalue weighted by molar-refractivity contribution is 0.769. The fourth-order valence-corrected chi connectivity index (χ4v) is 14.1. The number of nitrogens with zero attached hydrogens (tertiary/aromatic N) is 4. The minimum absolute atomic E-state index is 0.330. The van der Waals surface area contributed by atoms with Gasteiger partial charge in [-0.25, -0.2) is 9.97 Å². The molecule has 1 aliphatic heterocycles. The van der Waals surface area contributed by atoms with Gasteiger partial charge in [-0.2, -0.15) is 0 Å². The standard InChI is InChI=1S/C80H54N4/c1-5-15-63(16-6-1)79(64-17-7-2-8-18-64)71-49-59(55-29-25-53(26-30-55)57-41-45-81-46-42-57)33-37-67(71)69-39-35-61(51-73(69)79)77-78(84-76-24-14-13-23-75(76)83-77)62-36-40-70-68-38-34-60(56-31-27-54(28-32-56)58-43-47-82-48-44-58)50-72(68)80(74(70)52-62,65-19-9-3-10-20-65)66-21-11-4-12-22-66/h1-43,45-52,58H,44H2. The van der Waals surface area contributed by atoms with Crippen LogP contribution in [0, 0.1) is 0 Å². The minimum Gasteiger partial charge on any atom is -0.269 e. The molecule has 16 rings (SSSR count). The third-order valence-corrected chi connectivity index (χ3v) is 18.0. The summed E-state index contributed by atoms with van der Waals surface area (Å²) in [5.41, 5.74) is 26.9. The van der Waals surface area contributed by atoms with Crippen molar-refractivity contribution >= 4 is 17.2 Å². The largest absolute Gasteiger partial charge is 0.269 e. The molecule has 1 unspecified atom stereocenters. The lowest BCUT2D eigenvalue weighted by Crippen LogP contribution is -2.28. The van der Waals surface area contributed by atoms with Gasteiger partial charge in [-0.05, 0) is 161 Å². The Kier molecular flexibility index (Phi) is 11.8. The summed E-state index contributed by atoms with van der Waals surface area (Å²) in [6, 6.07) is 103. The van der Waals surface area contributed by atoms with Crippen molar-refractivity contribution in [2.45, 2.75) is 23.2 Å². The molecule has 13 aromatic rings. The summed E-state index contributed by atoms with van der Waals surface area (Å²) in [6.07, 6.45) is 10.7. The predicted octanol–water partition coefficient (Wildman–Crippen LogP) is 19.2. The van der Waals surface area contributed by atoms with Gasteiger partial charge >= 0.3 is 0 Å². The van der Waals surface area contributed by atoms with Gasteiger partial charge in [-0.3, -0.25) is 9.98 Å². The predicted molar refractivity (Wildman–Crippen MR) is 344 cm³/mol. The lowest BCUT2D eigenvalue weighted by atomic mass is 9.67. The highest BCUT2D eigenvalue weighted by Gasteiger charge is 2.48. The molecule has 2 aliphatic carbocycles. The van der Waals surface area contributed by atoms with Gasteiger partial charge in [0.2, 0.25) is 0 Å². The van der Waals surface area contributed by atoms with Crippen LogP contribution < -0.4 is 0 Å². The molecular weight excluding hydrogens is 1020 g/mol. The second kappa shape index (κ2) is 20.1. The number of pyridine rings is 1. The van der Waals surface area contributed by atoms with E-state index in [9.17, 15) is 0 Å². The van der Waals surface area contributed by atoms with Crippen LogP contribution in [0.15, 0.2) is 309 Å². The zero-order valence-electron chi connectivity index (χ0n) is 46.0. The molecule has 0 spiro atoms. The van der Waals surface area contributed by atoms with Crippen LogP contribution in [0.2, 0.25) is 0 Å². The molecule has 0 fully saturated rings. The first kappa shape index (κ1) is 49.2. The van der Waals surface area contributed by atoms with Crippen molar-refractivity contribution in [3.63, 3.8) is 0 Å². The van der Waals surface area contributed by atoms with Crippen LogP contribution in [-0.4, -0.2) is 21.2 Å². The van der Waals surface area contributed by atoms with Gasteiger partial charge < -0.3 is 0 Å². The summed E-state index contributed by atoms with van der Waals surface area (Å²) in [5.74, 6) is 0.330. The maximum atomic E-state index is 5.66. The molecule has 2 aromatic heterocycles. The van der Waals surface area contributed by atoms with Crippen molar-refractivity contribution in [1.82, 2.24) is 15.0 Å². The minimum atomic E-state index is -0.673. The summed E-state index contributed by atoms with van der Waals surface area (Å²) >= 11 is 0. The molecule has 84 heavy (non-hydrogen) atoms. The molecule has 3 heterocycles. The number of hydrogen-bond donors (Lipinski definition) is 0. The first-order valence-electron chi connectivity index (χ1n) is 29.0. The number of rotatable bonds is 10. The summed E-state index contributed by atoms with van der Waals surface area (Å²) in [4.78, 5) is 19.9. The molecule has 0 radical (unpaired) electrons. The molecular formula is C80H54N4. The van der Waals surface area contributed by atoms with Crippen molar-refractivity contribution in [2.75, 3.05) is 0 Å². The molecule has 0 bridgehead atoms. The van der Waals surface area contributed by atoms with Crippen LogP contribution in [-0.2, 0) is 10.8 Å². The van der Waals surface area contributed by atoms with E-state index < -0.39 is 10.8 Å². The Morgan fingerprint density at radius 3 is 1.04 bits per heavy atom. The molecule has 3 aliphatic rings. The summed E-state index contributed by atoms with van der Waals surface area (Å²) in [6.45, 7) is 0. The fraction of sp³-hybridized carbons (Fsp3) is 0.0500. The van der Waals surface area contributed by atoms with Gasteiger partial charge in [0.15, 0.2) is 0 Å². The van der Waals surface area contributed by atoms with Crippen molar-refractivity contribution in [1.29, 1.82) is 0 Å². The molecule has 0 N–H and O–H groups in total. The van der Waals surface area contributed by atoms with Gasteiger partial charge in [0.05, 0.1) is 33.3 Å². The first-order valence-corrected chi connectivity index (χ1v) is 29.0. The molecule has 11 aromatic carbocycles. The van der Waals surface area contributed by atoms with Crippen molar-refractivity contribution in [3.8, 4) is 78.1 Å². The summed E-state index contributed by atoms with van der Waals surface area (Å²) in [7, 11) is 0. The zero-order chi connectivity index (χ0) is 55.6. The van der Waals surface area contributed by atoms with Crippen LogP contribution in [0.1, 0.15) is 62.4 Å². The number of allylic oxidation sites excluding steroid dienone is 1. The molecule has 0 amide bonds. The Morgan fingerprint density at radius 2 is 0.643 bits per heavy atom. The fourth-order valence-electron chi connectivity index (χ4n) is 14.1. The van der Waals surface area contributed by atoms with Gasteiger partial charge in [0.25, 0.3) is 0 Å². The number of aliphatic imine (C=N–C) groups is 1. The van der Waals surface area contributed by atoms with Gasteiger partial charge in [-0.1, -0.05) is 237 Å². The zero-order valence-corrected chi connectivity index (χ0v) is 46.0. The van der Waals surface area contributed by atoms with Crippen LogP contribution in [0.25, 0.3) is 89.2 Å². The SMILES string of the molecule is C1=CC(c2ccc(-c3ccc4c(c3)C(c3ccccc3)(c3ccccc3)c3cc(-c5nc6ccccc6nc5-c5ccc6c(c5)C(c5ccccc5)(c5ccccc5)c5cc(-c7ccc(-c8ccncc8)cc7)ccc5-6)ccc3-4)cc2)CC=N1. The second-order valence-electron chi connectivity index (χ2n) is 22.4. The monoisotopic (exact) mass is 1070 g/mol. The van der Waals surface area contributed by atoms with Gasteiger partial charge in [0, 0.05) is 41.9 Å². The van der Waals surface area contributed by atoms with Crippen LogP contribution in [0.3, 0.4) is 0 Å². The number of aromatic nitrogens is 3. The summed E-state index contributed by atoms with van der Waals surface area (Å²) < 4.78 is 0. The smallest absolute Gasteiger partial charge is 0.0973 e. The topological polar surface area (TPSA) is 51.0 Å². The number of hydrogen-bond acceptors (Lipinski definition) is 4. The maximum absolute atomic E-state index is 5.66. The normalized spacial score (nSPS) is 14.8. The Morgan fingerprint density at radius 1 is 0.310 bits per heavy atom. The van der Waals surface area contributed by atoms with E-state index >= 15 is 0 Å². The van der Waals surface area contributed by atoms with E-state index in [0.717, 1.165) is 62.2 Å². The van der Waals surface area contributed by atoms with Gasteiger partial charge in [0.1, 0.15) is 0 Å². The lowest BCUT2D eigenvalue weighted by Gasteiger charge is -2.34. The highest BCUT2D eigenvalue weighted by atomic mass is 14.8. The van der Waals surface area contributed by atoms with Crippen LogP contribution in [0.5, 0.6) is 0 Å². The van der Waals surface area contributed by atoms with E-state index in [1.165, 1.54) is 83.5 Å². The Labute approximate surface area is 489 Å². The Balaban J connectivity index is 0.884. The average Bonchev–Trinajstić information content (AvgIpc) is 1.82. The molecule has 1 atom stereocenters. The third kappa shape index (κ3) is 7.82. The van der Waals surface area contributed by atoms with Crippen molar-refractivity contribution < 1.29 is 0 Å².